The average molecular weight is 390 g/mol. The van der Waals surface area contributed by atoms with Gasteiger partial charge in [0.05, 0.1) is 0 Å². The summed E-state index contributed by atoms with van der Waals surface area (Å²) >= 11 is 0. The van der Waals surface area contributed by atoms with E-state index in [2.05, 4.69) is 26.3 Å². The van der Waals surface area contributed by atoms with Crippen LogP contribution in [0.2, 0.25) is 0 Å². The van der Waals surface area contributed by atoms with Crippen LogP contribution < -0.4 is 21.3 Å². The van der Waals surface area contributed by atoms with Crippen LogP contribution in [-0.2, 0) is 27.3 Å². The molecule has 1 aromatic rings. The molecule has 2 rings (SSSR count). The maximum Gasteiger partial charge on any atom is 2.00 e. The SMILES string of the molecule is O=C1NCCNCCNCCNC(=O)c2cccc1n2.[Cd+2]. The maximum atomic E-state index is 11.9. The first-order valence-corrected chi connectivity index (χ1v) is 6.72. The Hall–Kier alpha value is -1.07. The topological polar surface area (TPSA) is 95.1 Å². The summed E-state index contributed by atoms with van der Waals surface area (Å²) in [6.07, 6.45) is 0. The minimum Gasteiger partial charge on any atom is -0.349 e. The van der Waals surface area contributed by atoms with Crippen LogP contribution in [-0.4, -0.2) is 56.1 Å². The summed E-state index contributed by atoms with van der Waals surface area (Å²) in [5, 5.41) is 11.9. The molecule has 0 radical (unpaired) electrons. The van der Waals surface area contributed by atoms with Gasteiger partial charge in [-0.15, -0.1) is 0 Å². The molecule has 2 bridgehead atoms. The van der Waals surface area contributed by atoms with Crippen LogP contribution in [0.4, 0.5) is 0 Å². The summed E-state index contributed by atoms with van der Waals surface area (Å²) in [4.78, 5) is 27.8. The molecular weight excluding hydrogens is 371 g/mol. The van der Waals surface area contributed by atoms with Crippen molar-refractivity contribution in [3.05, 3.63) is 29.6 Å². The van der Waals surface area contributed by atoms with Gasteiger partial charge in [0.15, 0.2) is 0 Å². The third-order valence-electron chi connectivity index (χ3n) is 2.87. The molecular formula is C13H19CdN5O2+2. The summed E-state index contributed by atoms with van der Waals surface area (Å²) in [7, 11) is 0. The summed E-state index contributed by atoms with van der Waals surface area (Å²) < 4.78 is 0. The zero-order valence-corrected chi connectivity index (χ0v) is 16.0. The number of carbonyl (C=O) groups is 2. The van der Waals surface area contributed by atoms with Crippen LogP contribution in [0, 0.1) is 0 Å². The van der Waals surface area contributed by atoms with Gasteiger partial charge in [-0.25, -0.2) is 4.98 Å². The smallest absolute Gasteiger partial charge is 0.349 e. The first-order valence-electron chi connectivity index (χ1n) is 6.72. The summed E-state index contributed by atoms with van der Waals surface area (Å²) in [6.45, 7) is 4.08. The molecule has 0 unspecified atom stereocenters. The van der Waals surface area contributed by atoms with E-state index in [0.717, 1.165) is 13.1 Å². The minimum absolute atomic E-state index is 0. The van der Waals surface area contributed by atoms with Crippen molar-refractivity contribution in [2.75, 3.05) is 39.3 Å². The summed E-state index contributed by atoms with van der Waals surface area (Å²) in [5.41, 5.74) is 0.510. The third kappa shape index (κ3) is 6.06. The Morgan fingerprint density at radius 3 is 1.67 bits per heavy atom. The number of pyridine rings is 1. The molecule has 108 valence electrons. The maximum absolute atomic E-state index is 11.9. The Labute approximate surface area is 143 Å². The van der Waals surface area contributed by atoms with Crippen LogP contribution in [0.15, 0.2) is 18.2 Å². The van der Waals surface area contributed by atoms with Crippen LogP contribution in [0.25, 0.3) is 0 Å². The minimum atomic E-state index is -0.269. The van der Waals surface area contributed by atoms with Crippen molar-refractivity contribution in [1.82, 2.24) is 26.3 Å². The standard InChI is InChI=1S/C13H19N5O2.Cd/c19-12-10-2-1-3-11(18-10)13(20)17-9-7-15-5-4-14-6-8-16-12;/h1-3,14-15H,4-9H2,(H,16,19)(H,17,20);/q;+2. The van der Waals surface area contributed by atoms with Gasteiger partial charge in [-0.1, -0.05) is 6.07 Å². The van der Waals surface area contributed by atoms with E-state index >= 15 is 0 Å². The number of fused-ring (bicyclic) bond motifs is 2. The Morgan fingerprint density at radius 2 is 1.19 bits per heavy atom. The number of carbonyl (C=O) groups excluding carboxylic acids is 2. The Morgan fingerprint density at radius 1 is 0.762 bits per heavy atom. The van der Waals surface area contributed by atoms with Crippen molar-refractivity contribution in [3.63, 3.8) is 0 Å². The molecule has 4 N–H and O–H groups in total. The van der Waals surface area contributed by atoms with Gasteiger partial charge in [0.25, 0.3) is 11.8 Å². The van der Waals surface area contributed by atoms with Crippen molar-refractivity contribution in [1.29, 1.82) is 0 Å². The molecule has 0 spiro atoms. The second-order valence-electron chi connectivity index (χ2n) is 4.42. The van der Waals surface area contributed by atoms with E-state index in [1.807, 2.05) is 0 Å². The fraction of sp³-hybridized carbons (Fsp3) is 0.462. The van der Waals surface area contributed by atoms with Crippen LogP contribution in [0.5, 0.6) is 0 Å². The number of nitrogens with zero attached hydrogens (tertiary/aromatic N) is 1. The molecule has 21 heavy (non-hydrogen) atoms. The number of rotatable bonds is 0. The van der Waals surface area contributed by atoms with Crippen LogP contribution in [0.3, 0.4) is 0 Å². The largest absolute Gasteiger partial charge is 2.00 e. The molecule has 1 aliphatic rings. The number of hydrogen-bond donors (Lipinski definition) is 4. The monoisotopic (exact) mass is 391 g/mol. The second-order valence-corrected chi connectivity index (χ2v) is 4.42. The number of hydrogen-bond acceptors (Lipinski definition) is 5. The van der Waals surface area contributed by atoms with Gasteiger partial charge < -0.3 is 21.3 Å². The molecule has 7 nitrogen and oxygen atoms in total. The van der Waals surface area contributed by atoms with E-state index in [9.17, 15) is 9.59 Å². The van der Waals surface area contributed by atoms with Crippen LogP contribution in [0.1, 0.15) is 21.0 Å². The quantitative estimate of drug-likeness (QED) is 0.415. The summed E-state index contributed by atoms with van der Waals surface area (Å²) in [5.74, 6) is -0.538. The molecule has 0 aromatic carbocycles. The van der Waals surface area contributed by atoms with Gasteiger partial charge in [-0.3, -0.25) is 9.59 Å². The molecule has 1 aliphatic heterocycles. The van der Waals surface area contributed by atoms with E-state index in [4.69, 9.17) is 0 Å². The van der Waals surface area contributed by atoms with E-state index < -0.39 is 0 Å². The Bertz CT molecular complexity index is 444. The molecule has 8 heteroatoms. The van der Waals surface area contributed by atoms with Crippen molar-refractivity contribution in [2.45, 2.75) is 0 Å². The zero-order valence-electron chi connectivity index (χ0n) is 11.9. The molecule has 0 saturated carbocycles. The fourth-order valence-corrected chi connectivity index (χ4v) is 1.82. The van der Waals surface area contributed by atoms with Crippen molar-refractivity contribution in [3.8, 4) is 0 Å². The molecule has 1 aromatic heterocycles. The molecule has 0 saturated heterocycles. The number of aromatic nitrogens is 1. The van der Waals surface area contributed by atoms with Gasteiger partial charge in [-0.05, 0) is 12.1 Å². The van der Waals surface area contributed by atoms with Crippen molar-refractivity contribution < 1.29 is 36.9 Å². The van der Waals surface area contributed by atoms with E-state index in [0.29, 0.717) is 26.2 Å². The molecule has 0 atom stereocenters. The second kappa shape index (κ2) is 9.79. The first kappa shape index (κ1) is 18.0. The Kier molecular flexibility index (Phi) is 8.39. The van der Waals surface area contributed by atoms with E-state index in [-0.39, 0.29) is 50.5 Å². The van der Waals surface area contributed by atoms with Crippen molar-refractivity contribution >= 4 is 11.8 Å². The van der Waals surface area contributed by atoms with Gasteiger partial charge >= 0.3 is 27.3 Å². The number of nitrogens with one attached hydrogen (secondary N) is 4. The molecule has 2 heterocycles. The van der Waals surface area contributed by atoms with Gasteiger partial charge in [-0.2, -0.15) is 0 Å². The van der Waals surface area contributed by atoms with E-state index in [1.165, 1.54) is 0 Å². The van der Waals surface area contributed by atoms with Crippen molar-refractivity contribution in [2.24, 2.45) is 0 Å². The Balaban J connectivity index is 0.00000220. The summed E-state index contributed by atoms with van der Waals surface area (Å²) in [6, 6.07) is 4.85. The molecule has 0 fully saturated rings. The normalized spacial score (nSPS) is 17.5. The number of amides is 2. The molecule has 2 amide bonds. The van der Waals surface area contributed by atoms with E-state index in [1.54, 1.807) is 18.2 Å². The fourth-order valence-electron chi connectivity index (χ4n) is 1.82. The van der Waals surface area contributed by atoms with Gasteiger partial charge in [0, 0.05) is 39.3 Å². The predicted octanol–water partition coefficient (Wildman–Crippen LogP) is -1.27. The van der Waals surface area contributed by atoms with Gasteiger partial charge in [0.1, 0.15) is 11.4 Å². The first-order chi connectivity index (χ1) is 9.77. The van der Waals surface area contributed by atoms with Crippen LogP contribution >= 0.6 is 0 Å². The third-order valence-corrected chi connectivity index (χ3v) is 2.87. The van der Waals surface area contributed by atoms with Gasteiger partial charge in [0.2, 0.25) is 0 Å². The predicted molar refractivity (Wildman–Crippen MR) is 74.6 cm³/mol. The average Bonchev–Trinajstić information content (AvgIpc) is 2.48. The zero-order chi connectivity index (χ0) is 14.2. The molecule has 0 aliphatic carbocycles.